The van der Waals surface area contributed by atoms with E-state index in [1.165, 1.54) is 7.11 Å². The van der Waals surface area contributed by atoms with Gasteiger partial charge in [0.15, 0.2) is 0 Å². The molecule has 0 atom stereocenters. The van der Waals surface area contributed by atoms with Crippen LogP contribution in [-0.4, -0.2) is 42.4 Å². The molecule has 0 N–H and O–H groups in total. The second-order valence-corrected chi connectivity index (χ2v) is 8.45. The van der Waals surface area contributed by atoms with Crippen molar-refractivity contribution in [1.29, 1.82) is 0 Å². The molecule has 0 unspecified atom stereocenters. The van der Waals surface area contributed by atoms with E-state index >= 15 is 0 Å². The monoisotopic (exact) mass is 380 g/mol. The zero-order valence-corrected chi connectivity index (χ0v) is 15.3. The number of hydrogen-bond donors (Lipinski definition) is 0. The fraction of sp³-hybridized carbons (Fsp3) is 0.500. The lowest BCUT2D eigenvalue weighted by Gasteiger charge is -2.10. The minimum absolute atomic E-state index is 0.138. The van der Waals surface area contributed by atoms with Crippen molar-refractivity contribution in [3.05, 3.63) is 34.9 Å². The number of carbonyl (C=O) groups is 1. The van der Waals surface area contributed by atoms with E-state index in [-0.39, 0.29) is 25.6 Å². The van der Waals surface area contributed by atoms with Crippen molar-refractivity contribution < 1.29 is 34.7 Å². The van der Waals surface area contributed by atoms with Crippen molar-refractivity contribution in [3.63, 3.8) is 0 Å². The van der Waals surface area contributed by atoms with E-state index < -0.39 is 20.2 Å². The first-order chi connectivity index (χ1) is 11.0. The Morgan fingerprint density at radius 3 is 1.67 bits per heavy atom. The largest absolute Gasteiger partial charge is 0.469 e. The molecule has 24 heavy (non-hydrogen) atoms. The Morgan fingerprint density at radius 1 is 0.875 bits per heavy atom. The third-order valence-corrected chi connectivity index (χ3v) is 3.93. The Balaban J connectivity index is 2.97. The van der Waals surface area contributed by atoms with Crippen LogP contribution in [0, 0.1) is 0 Å². The summed E-state index contributed by atoms with van der Waals surface area (Å²) >= 11 is 0. The molecule has 0 aliphatic rings. The van der Waals surface area contributed by atoms with Crippen LogP contribution in [0.3, 0.4) is 0 Å². The van der Waals surface area contributed by atoms with Gasteiger partial charge in [0.05, 0.1) is 32.8 Å². The SMILES string of the molecule is COC(=O)CCc1cc(COS(C)(=O)=O)cc(COS(C)(=O)=O)c1. The molecule has 0 aliphatic heterocycles. The van der Waals surface area contributed by atoms with Crippen LogP contribution in [0.25, 0.3) is 0 Å². The van der Waals surface area contributed by atoms with Gasteiger partial charge < -0.3 is 4.74 Å². The fourth-order valence-corrected chi connectivity index (χ4v) is 2.55. The van der Waals surface area contributed by atoms with Crippen molar-refractivity contribution in [2.24, 2.45) is 0 Å². The highest BCUT2D eigenvalue weighted by Crippen LogP contribution is 2.16. The van der Waals surface area contributed by atoms with Gasteiger partial charge in [0.25, 0.3) is 20.2 Å². The number of benzene rings is 1. The summed E-state index contributed by atoms with van der Waals surface area (Å²) < 4.78 is 58.4. The Hall–Kier alpha value is -1.49. The topological polar surface area (TPSA) is 113 Å². The molecule has 0 aliphatic carbocycles. The van der Waals surface area contributed by atoms with E-state index in [9.17, 15) is 21.6 Å². The third kappa shape index (κ3) is 8.96. The number of esters is 1. The molecular weight excluding hydrogens is 360 g/mol. The van der Waals surface area contributed by atoms with Gasteiger partial charge in [0.1, 0.15) is 0 Å². The average molecular weight is 380 g/mol. The fourth-order valence-electron chi connectivity index (χ4n) is 1.85. The summed E-state index contributed by atoms with van der Waals surface area (Å²) in [5, 5.41) is 0. The Kier molecular flexibility index (Phi) is 7.33. The van der Waals surface area contributed by atoms with Gasteiger partial charge in [0, 0.05) is 6.42 Å². The van der Waals surface area contributed by atoms with Crippen LogP contribution >= 0.6 is 0 Å². The lowest BCUT2D eigenvalue weighted by atomic mass is 10.0. The average Bonchev–Trinajstić information content (AvgIpc) is 2.47. The van der Waals surface area contributed by atoms with Crippen molar-refractivity contribution in [2.75, 3.05) is 19.6 Å². The molecule has 0 heterocycles. The molecule has 136 valence electrons. The van der Waals surface area contributed by atoms with E-state index in [4.69, 9.17) is 8.37 Å². The third-order valence-electron chi connectivity index (χ3n) is 2.84. The summed E-state index contributed by atoms with van der Waals surface area (Å²) in [7, 11) is -5.95. The quantitative estimate of drug-likeness (QED) is 0.455. The number of hydrogen-bond acceptors (Lipinski definition) is 8. The molecule has 1 rings (SSSR count). The zero-order chi connectivity index (χ0) is 18.4. The zero-order valence-electron chi connectivity index (χ0n) is 13.6. The van der Waals surface area contributed by atoms with Gasteiger partial charge in [-0.3, -0.25) is 13.2 Å². The number of rotatable bonds is 9. The molecule has 0 bridgehead atoms. The van der Waals surface area contributed by atoms with Crippen molar-refractivity contribution in [3.8, 4) is 0 Å². The summed E-state index contributed by atoms with van der Waals surface area (Å²) in [6.07, 6.45) is 2.36. The summed E-state index contributed by atoms with van der Waals surface area (Å²) in [4.78, 5) is 11.2. The number of aryl methyl sites for hydroxylation is 1. The Bertz CT molecular complexity index is 727. The molecule has 1 aromatic rings. The lowest BCUT2D eigenvalue weighted by molar-refractivity contribution is -0.140. The standard InChI is InChI=1S/C14H20O8S2/c1-20-14(15)5-4-11-6-12(9-21-23(2,16)17)8-13(7-11)10-22-24(3,18)19/h6-8H,4-5,9-10H2,1-3H3. The maximum atomic E-state index is 11.2. The minimum atomic E-state index is -3.61. The first-order valence-corrected chi connectivity index (χ1v) is 10.5. The maximum Gasteiger partial charge on any atom is 0.305 e. The number of carbonyl (C=O) groups excluding carboxylic acids is 1. The van der Waals surface area contributed by atoms with Gasteiger partial charge in [-0.15, -0.1) is 0 Å². The summed E-state index contributed by atoms with van der Waals surface area (Å²) in [6.45, 7) is -0.395. The summed E-state index contributed by atoms with van der Waals surface area (Å²) in [5.74, 6) is -0.387. The summed E-state index contributed by atoms with van der Waals surface area (Å²) in [5.41, 5.74) is 1.76. The van der Waals surface area contributed by atoms with Crippen LogP contribution in [0.1, 0.15) is 23.1 Å². The first-order valence-electron chi connectivity index (χ1n) is 6.86. The molecule has 10 heteroatoms. The molecule has 0 saturated carbocycles. The van der Waals surface area contributed by atoms with Crippen LogP contribution in [0.5, 0.6) is 0 Å². The van der Waals surface area contributed by atoms with E-state index in [0.717, 1.165) is 12.5 Å². The van der Waals surface area contributed by atoms with E-state index in [1.807, 2.05) is 0 Å². The van der Waals surface area contributed by atoms with Gasteiger partial charge in [-0.2, -0.15) is 16.8 Å². The van der Waals surface area contributed by atoms with Gasteiger partial charge in [-0.25, -0.2) is 0 Å². The van der Waals surface area contributed by atoms with Gasteiger partial charge in [0.2, 0.25) is 0 Å². The van der Waals surface area contributed by atoms with Crippen molar-refractivity contribution in [2.45, 2.75) is 26.1 Å². The highest BCUT2D eigenvalue weighted by atomic mass is 32.2. The second kappa shape index (κ2) is 8.56. The lowest BCUT2D eigenvalue weighted by Crippen LogP contribution is -2.07. The first kappa shape index (κ1) is 20.6. The van der Waals surface area contributed by atoms with Gasteiger partial charge in [-0.05, 0) is 23.1 Å². The molecule has 0 radical (unpaired) electrons. The predicted octanol–water partition coefficient (Wildman–Crippen LogP) is 0.745. The molecule has 1 aromatic carbocycles. The maximum absolute atomic E-state index is 11.2. The molecule has 0 saturated heterocycles. The Morgan fingerprint density at radius 2 is 1.29 bits per heavy atom. The van der Waals surface area contributed by atoms with Gasteiger partial charge >= 0.3 is 5.97 Å². The normalized spacial score (nSPS) is 12.1. The highest BCUT2D eigenvalue weighted by Gasteiger charge is 2.10. The molecule has 8 nitrogen and oxygen atoms in total. The number of methoxy groups -OCH3 is 1. The molecule has 0 fully saturated rings. The molecular formula is C14H20O8S2. The van der Waals surface area contributed by atoms with E-state index in [2.05, 4.69) is 4.74 Å². The van der Waals surface area contributed by atoms with Crippen molar-refractivity contribution >= 4 is 26.2 Å². The van der Waals surface area contributed by atoms with E-state index in [1.54, 1.807) is 18.2 Å². The van der Waals surface area contributed by atoms with Crippen LogP contribution in [0.15, 0.2) is 18.2 Å². The summed E-state index contributed by atoms with van der Waals surface area (Å²) in [6, 6.07) is 4.94. The molecule has 0 spiro atoms. The van der Waals surface area contributed by atoms with Crippen LogP contribution in [0.4, 0.5) is 0 Å². The van der Waals surface area contributed by atoms with Crippen LogP contribution < -0.4 is 0 Å². The van der Waals surface area contributed by atoms with E-state index in [0.29, 0.717) is 23.1 Å². The second-order valence-electron chi connectivity index (χ2n) is 5.17. The van der Waals surface area contributed by atoms with Gasteiger partial charge in [-0.1, -0.05) is 18.2 Å². The van der Waals surface area contributed by atoms with Crippen LogP contribution in [0.2, 0.25) is 0 Å². The predicted molar refractivity (Wildman–Crippen MR) is 86.0 cm³/mol. The van der Waals surface area contributed by atoms with Crippen molar-refractivity contribution in [1.82, 2.24) is 0 Å². The van der Waals surface area contributed by atoms with Crippen LogP contribution in [-0.2, 0) is 57.8 Å². The Labute approximate surface area is 142 Å². The highest BCUT2D eigenvalue weighted by molar-refractivity contribution is 7.86. The smallest absolute Gasteiger partial charge is 0.305 e. The number of ether oxygens (including phenoxy) is 1. The molecule has 0 amide bonds. The molecule has 0 aromatic heterocycles. The minimum Gasteiger partial charge on any atom is -0.469 e.